The molecule has 0 radical (unpaired) electrons. The molecule has 0 aliphatic carbocycles. The van der Waals surface area contributed by atoms with Crippen LogP contribution in [0.2, 0.25) is 0 Å². The van der Waals surface area contributed by atoms with Gasteiger partial charge in [0, 0.05) is 15.8 Å². The zero-order chi connectivity index (χ0) is 13.7. The summed E-state index contributed by atoms with van der Waals surface area (Å²) in [5.41, 5.74) is 3.30. The maximum atomic E-state index is 12.0. The molecule has 0 spiro atoms. The van der Waals surface area contributed by atoms with Crippen LogP contribution in [-0.4, -0.2) is 11.5 Å². The van der Waals surface area contributed by atoms with Gasteiger partial charge in [0.1, 0.15) is 0 Å². The van der Waals surface area contributed by atoms with E-state index in [2.05, 4.69) is 47.1 Å². The second-order valence-corrected chi connectivity index (χ2v) is 6.32. The predicted molar refractivity (Wildman–Crippen MR) is 85.8 cm³/mol. The minimum Gasteiger partial charge on any atom is -0.293 e. The molecule has 2 aromatic rings. The van der Waals surface area contributed by atoms with Crippen molar-refractivity contribution in [3.63, 3.8) is 0 Å². The number of ketones is 1. The summed E-state index contributed by atoms with van der Waals surface area (Å²) in [6.07, 6.45) is 0. The Kier molecular flexibility index (Phi) is 5.23. The quantitative estimate of drug-likeness (QED) is 0.725. The van der Waals surface area contributed by atoms with Crippen molar-refractivity contribution in [3.8, 4) is 0 Å². The van der Waals surface area contributed by atoms with Crippen LogP contribution in [0.25, 0.3) is 0 Å². The van der Waals surface area contributed by atoms with Crippen molar-refractivity contribution in [1.82, 2.24) is 0 Å². The SMILES string of the molecule is Cc1cccc(CSCC(=O)c2cccc(Br)c2)c1. The molecule has 2 rings (SSSR count). The Bertz CT molecular complexity index is 580. The molecule has 0 amide bonds. The summed E-state index contributed by atoms with van der Waals surface area (Å²) >= 11 is 5.04. The van der Waals surface area contributed by atoms with Gasteiger partial charge in [0.15, 0.2) is 5.78 Å². The van der Waals surface area contributed by atoms with Crippen LogP contribution in [0.1, 0.15) is 21.5 Å². The molecule has 98 valence electrons. The number of hydrogen-bond acceptors (Lipinski definition) is 2. The summed E-state index contributed by atoms with van der Waals surface area (Å²) in [4.78, 5) is 12.0. The Morgan fingerprint density at radius 1 is 1.16 bits per heavy atom. The van der Waals surface area contributed by atoms with E-state index in [1.165, 1.54) is 11.1 Å². The molecular formula is C16H15BrOS. The van der Waals surface area contributed by atoms with Crippen molar-refractivity contribution < 1.29 is 4.79 Å². The lowest BCUT2D eigenvalue weighted by molar-refractivity contribution is 0.102. The first-order valence-corrected chi connectivity index (χ1v) is 8.02. The Hall–Kier alpha value is -1.06. The summed E-state index contributed by atoms with van der Waals surface area (Å²) in [5, 5.41) is 0. The van der Waals surface area contributed by atoms with E-state index >= 15 is 0 Å². The Labute approximate surface area is 126 Å². The average molecular weight is 335 g/mol. The molecule has 19 heavy (non-hydrogen) atoms. The van der Waals surface area contributed by atoms with Crippen molar-refractivity contribution in [3.05, 3.63) is 69.7 Å². The summed E-state index contributed by atoms with van der Waals surface area (Å²) in [6, 6.07) is 16.0. The highest BCUT2D eigenvalue weighted by Gasteiger charge is 2.06. The van der Waals surface area contributed by atoms with Crippen molar-refractivity contribution >= 4 is 33.5 Å². The van der Waals surface area contributed by atoms with Crippen LogP contribution in [0.3, 0.4) is 0 Å². The molecule has 0 heterocycles. The fourth-order valence-electron chi connectivity index (χ4n) is 1.81. The number of Topliss-reactive ketones (excluding diaryl/α,β-unsaturated/α-hetero) is 1. The molecule has 0 fully saturated rings. The standard InChI is InChI=1S/C16H15BrOS/c1-12-4-2-5-13(8-12)10-19-11-16(18)14-6-3-7-15(17)9-14/h2-9H,10-11H2,1H3. The zero-order valence-electron chi connectivity index (χ0n) is 10.7. The van der Waals surface area contributed by atoms with E-state index in [0.717, 1.165) is 15.8 Å². The van der Waals surface area contributed by atoms with Gasteiger partial charge in [-0.05, 0) is 24.6 Å². The number of rotatable bonds is 5. The molecule has 0 N–H and O–H groups in total. The maximum Gasteiger partial charge on any atom is 0.172 e. The van der Waals surface area contributed by atoms with E-state index < -0.39 is 0 Å². The normalized spacial score (nSPS) is 10.4. The molecular weight excluding hydrogens is 320 g/mol. The topological polar surface area (TPSA) is 17.1 Å². The molecule has 0 bridgehead atoms. The second kappa shape index (κ2) is 6.92. The van der Waals surface area contributed by atoms with E-state index in [4.69, 9.17) is 0 Å². The number of carbonyl (C=O) groups excluding carboxylic acids is 1. The van der Waals surface area contributed by atoms with Crippen molar-refractivity contribution in [1.29, 1.82) is 0 Å². The lowest BCUT2D eigenvalue weighted by Gasteiger charge is -2.03. The number of halogens is 1. The van der Waals surface area contributed by atoms with Crippen LogP contribution in [0.5, 0.6) is 0 Å². The summed E-state index contributed by atoms with van der Waals surface area (Å²) in [7, 11) is 0. The summed E-state index contributed by atoms with van der Waals surface area (Å²) in [6.45, 7) is 2.08. The second-order valence-electron chi connectivity index (χ2n) is 4.42. The number of thioether (sulfide) groups is 1. The first kappa shape index (κ1) is 14.4. The molecule has 0 saturated heterocycles. The van der Waals surface area contributed by atoms with Gasteiger partial charge in [-0.3, -0.25) is 4.79 Å². The Balaban J connectivity index is 1.87. The number of aryl methyl sites for hydroxylation is 1. The lowest BCUT2D eigenvalue weighted by atomic mass is 10.1. The monoisotopic (exact) mass is 334 g/mol. The molecule has 0 aromatic heterocycles. The molecule has 0 aliphatic heterocycles. The van der Waals surface area contributed by atoms with E-state index in [-0.39, 0.29) is 5.78 Å². The first-order valence-electron chi connectivity index (χ1n) is 6.07. The maximum absolute atomic E-state index is 12.0. The fraction of sp³-hybridized carbons (Fsp3) is 0.188. The highest BCUT2D eigenvalue weighted by molar-refractivity contribution is 9.10. The zero-order valence-corrected chi connectivity index (χ0v) is 13.1. The number of hydrogen-bond donors (Lipinski definition) is 0. The van der Waals surface area contributed by atoms with Crippen molar-refractivity contribution in [2.75, 3.05) is 5.75 Å². The van der Waals surface area contributed by atoms with Crippen LogP contribution >= 0.6 is 27.7 Å². The van der Waals surface area contributed by atoms with Gasteiger partial charge in [-0.1, -0.05) is 57.9 Å². The molecule has 0 unspecified atom stereocenters. The van der Waals surface area contributed by atoms with Crippen molar-refractivity contribution in [2.45, 2.75) is 12.7 Å². The third-order valence-corrected chi connectivity index (χ3v) is 4.23. The average Bonchev–Trinajstić information content (AvgIpc) is 2.38. The smallest absolute Gasteiger partial charge is 0.172 e. The van der Waals surface area contributed by atoms with Crippen LogP contribution in [-0.2, 0) is 5.75 Å². The molecule has 0 aliphatic rings. The third-order valence-electron chi connectivity index (χ3n) is 2.73. The van der Waals surface area contributed by atoms with Gasteiger partial charge < -0.3 is 0 Å². The van der Waals surface area contributed by atoms with Gasteiger partial charge in [-0.25, -0.2) is 0 Å². The van der Waals surface area contributed by atoms with E-state index in [1.54, 1.807) is 11.8 Å². The number of benzene rings is 2. The van der Waals surface area contributed by atoms with Gasteiger partial charge in [0.25, 0.3) is 0 Å². The Morgan fingerprint density at radius 3 is 2.68 bits per heavy atom. The van der Waals surface area contributed by atoms with E-state index in [1.807, 2.05) is 24.3 Å². The van der Waals surface area contributed by atoms with Crippen LogP contribution in [0.15, 0.2) is 53.0 Å². The highest BCUT2D eigenvalue weighted by atomic mass is 79.9. The Morgan fingerprint density at radius 2 is 1.95 bits per heavy atom. The lowest BCUT2D eigenvalue weighted by Crippen LogP contribution is -2.02. The van der Waals surface area contributed by atoms with Crippen LogP contribution in [0.4, 0.5) is 0 Å². The number of carbonyl (C=O) groups is 1. The van der Waals surface area contributed by atoms with Gasteiger partial charge >= 0.3 is 0 Å². The highest BCUT2D eigenvalue weighted by Crippen LogP contribution is 2.17. The third kappa shape index (κ3) is 4.51. The molecule has 0 saturated carbocycles. The van der Waals surface area contributed by atoms with Crippen LogP contribution in [0, 0.1) is 6.92 Å². The summed E-state index contributed by atoms with van der Waals surface area (Å²) < 4.78 is 0.946. The van der Waals surface area contributed by atoms with Gasteiger partial charge in [0.05, 0.1) is 5.75 Å². The van der Waals surface area contributed by atoms with Gasteiger partial charge in [-0.15, -0.1) is 11.8 Å². The molecule has 2 aromatic carbocycles. The largest absolute Gasteiger partial charge is 0.293 e. The van der Waals surface area contributed by atoms with Gasteiger partial charge in [-0.2, -0.15) is 0 Å². The molecule has 0 atom stereocenters. The molecule has 3 heteroatoms. The minimum absolute atomic E-state index is 0.180. The predicted octanol–water partition coefficient (Wildman–Crippen LogP) is 4.87. The van der Waals surface area contributed by atoms with Crippen molar-refractivity contribution in [2.24, 2.45) is 0 Å². The molecule has 1 nitrogen and oxygen atoms in total. The minimum atomic E-state index is 0.180. The van der Waals surface area contributed by atoms with E-state index in [0.29, 0.717) is 5.75 Å². The first-order chi connectivity index (χ1) is 9.15. The van der Waals surface area contributed by atoms with Gasteiger partial charge in [0.2, 0.25) is 0 Å². The summed E-state index contributed by atoms with van der Waals surface area (Å²) in [5.74, 6) is 1.57. The van der Waals surface area contributed by atoms with E-state index in [9.17, 15) is 4.79 Å². The van der Waals surface area contributed by atoms with Crippen LogP contribution < -0.4 is 0 Å². The fourth-order valence-corrected chi connectivity index (χ4v) is 3.08.